The molecular formula is C20H15BrF2N4O3S2. The number of rotatable bonds is 6. The van der Waals surface area contributed by atoms with Gasteiger partial charge < -0.3 is 10.0 Å². The summed E-state index contributed by atoms with van der Waals surface area (Å²) >= 11 is 4.47. The third-order valence-corrected chi connectivity index (χ3v) is 7.20. The van der Waals surface area contributed by atoms with Crippen molar-refractivity contribution >= 4 is 49.7 Å². The lowest BCUT2D eigenvalue weighted by molar-refractivity contribution is 0.0951. The van der Waals surface area contributed by atoms with Crippen molar-refractivity contribution < 1.29 is 22.0 Å². The van der Waals surface area contributed by atoms with Gasteiger partial charge in [0, 0.05) is 29.0 Å². The first-order valence-corrected chi connectivity index (χ1v) is 12.2. The lowest BCUT2D eigenvalue weighted by Crippen LogP contribution is -2.27. The highest BCUT2D eigenvalue weighted by Crippen LogP contribution is 2.34. The molecule has 2 aromatic rings. The van der Waals surface area contributed by atoms with Crippen molar-refractivity contribution in [3.8, 4) is 0 Å². The van der Waals surface area contributed by atoms with Crippen LogP contribution in [-0.2, 0) is 16.6 Å². The number of carbonyl (C=O) groups is 1. The zero-order valence-corrected chi connectivity index (χ0v) is 19.3. The van der Waals surface area contributed by atoms with Gasteiger partial charge >= 0.3 is 0 Å². The van der Waals surface area contributed by atoms with Crippen molar-refractivity contribution in [2.24, 2.45) is 0 Å². The number of benzene rings is 2. The van der Waals surface area contributed by atoms with Crippen LogP contribution in [0.5, 0.6) is 0 Å². The van der Waals surface area contributed by atoms with E-state index in [0.717, 1.165) is 12.1 Å². The largest absolute Gasteiger partial charge is 0.348 e. The van der Waals surface area contributed by atoms with Gasteiger partial charge in [-0.2, -0.15) is 0 Å². The summed E-state index contributed by atoms with van der Waals surface area (Å²) in [6.45, 7) is -0.403. The number of anilines is 1. The Bertz CT molecular complexity index is 1280. The van der Waals surface area contributed by atoms with Gasteiger partial charge in [-0.05, 0) is 42.5 Å². The topological polar surface area (TPSA) is 90.5 Å². The first-order chi connectivity index (χ1) is 15.3. The van der Waals surface area contributed by atoms with Crippen LogP contribution in [0.2, 0.25) is 0 Å². The molecule has 166 valence electrons. The summed E-state index contributed by atoms with van der Waals surface area (Å²) in [5.74, 6) is -2.28. The van der Waals surface area contributed by atoms with Gasteiger partial charge in [0.1, 0.15) is 16.5 Å². The van der Waals surface area contributed by atoms with E-state index >= 15 is 0 Å². The zero-order chi connectivity index (χ0) is 22.9. The minimum absolute atomic E-state index is 0.00657. The van der Waals surface area contributed by atoms with Crippen molar-refractivity contribution in [2.75, 3.05) is 4.72 Å². The van der Waals surface area contributed by atoms with Crippen molar-refractivity contribution in [2.45, 2.75) is 6.54 Å². The predicted molar refractivity (Wildman–Crippen MR) is 122 cm³/mol. The summed E-state index contributed by atoms with van der Waals surface area (Å²) in [6, 6.07) is 7.79. The van der Waals surface area contributed by atoms with Gasteiger partial charge in [-0.3, -0.25) is 13.8 Å². The second kappa shape index (κ2) is 8.96. The summed E-state index contributed by atoms with van der Waals surface area (Å²) in [5.41, 5.74) is 0.135. The average Bonchev–Trinajstić information content (AvgIpc) is 3.22. The van der Waals surface area contributed by atoms with E-state index < -0.39 is 34.1 Å². The minimum Gasteiger partial charge on any atom is -0.348 e. The number of fused-ring (bicyclic) bond motifs is 1. The number of halogens is 3. The number of nitrogens with zero attached hydrogens (tertiary/aromatic N) is 1. The first-order valence-electron chi connectivity index (χ1n) is 9.10. The molecule has 0 fully saturated rings. The zero-order valence-electron chi connectivity index (χ0n) is 16.1. The normalized spacial score (nSPS) is 14.9. The van der Waals surface area contributed by atoms with Gasteiger partial charge in [0.15, 0.2) is 0 Å². The van der Waals surface area contributed by atoms with E-state index in [2.05, 4.69) is 30.7 Å². The Kier molecular flexibility index (Phi) is 6.26. The van der Waals surface area contributed by atoms with Crippen LogP contribution >= 0.6 is 28.1 Å². The molecule has 0 saturated carbocycles. The molecule has 32 heavy (non-hydrogen) atoms. The molecular weight excluding hydrogens is 526 g/mol. The van der Waals surface area contributed by atoms with Gasteiger partial charge in [0.2, 0.25) is 0 Å². The fraction of sp³-hybridized carbons (Fsp3) is 0.0500. The maximum Gasteiger partial charge on any atom is 0.264 e. The number of nitrogens with one attached hydrogen (secondary N) is 3. The average molecular weight is 541 g/mol. The van der Waals surface area contributed by atoms with Gasteiger partial charge in [-0.15, -0.1) is 0 Å². The highest BCUT2D eigenvalue weighted by Gasteiger charge is 2.30. The van der Waals surface area contributed by atoms with Gasteiger partial charge in [0.25, 0.3) is 15.9 Å². The molecule has 0 aliphatic carbocycles. The van der Waals surface area contributed by atoms with E-state index in [9.17, 15) is 22.0 Å². The Labute approximate surface area is 195 Å². The van der Waals surface area contributed by atoms with Crippen LogP contribution in [-0.4, -0.2) is 18.6 Å². The predicted octanol–water partition coefficient (Wildman–Crippen LogP) is 4.12. The summed E-state index contributed by atoms with van der Waals surface area (Å²) in [5, 5.41) is 2.43. The maximum atomic E-state index is 13.9. The molecule has 0 unspecified atom stereocenters. The molecule has 2 aliphatic rings. The second-order valence-corrected chi connectivity index (χ2v) is 9.99. The molecule has 0 saturated heterocycles. The monoisotopic (exact) mass is 540 g/mol. The standard InChI is InChI=1S/C20H15BrF2N4O3S2/c21-12-6-7-13(20(28)24-10-14-15(22)3-1-4-16(14)23)17(9-12)26-32(29,30)19-5-2-8-27-18(19)11-25-31-27/h1-9,11,25-26H,10H2,(H,24,28). The van der Waals surface area contributed by atoms with Crippen molar-refractivity contribution in [3.05, 3.63) is 98.8 Å². The Morgan fingerprint density at radius 2 is 1.94 bits per heavy atom. The van der Waals surface area contributed by atoms with Crippen LogP contribution in [0.3, 0.4) is 0 Å². The molecule has 0 spiro atoms. The third-order valence-electron chi connectivity index (χ3n) is 4.55. The van der Waals surface area contributed by atoms with Gasteiger partial charge in [-0.25, -0.2) is 17.2 Å². The van der Waals surface area contributed by atoms with Crippen LogP contribution in [0.1, 0.15) is 15.9 Å². The highest BCUT2D eigenvalue weighted by molar-refractivity contribution is 9.10. The van der Waals surface area contributed by atoms with E-state index in [-0.39, 0.29) is 21.7 Å². The second-order valence-electron chi connectivity index (χ2n) is 6.62. The van der Waals surface area contributed by atoms with Gasteiger partial charge in [-0.1, -0.05) is 22.0 Å². The Morgan fingerprint density at radius 1 is 1.19 bits per heavy atom. The molecule has 2 aromatic carbocycles. The van der Waals surface area contributed by atoms with Crippen molar-refractivity contribution in [1.82, 2.24) is 14.3 Å². The molecule has 0 aromatic heterocycles. The molecule has 0 atom stereocenters. The van der Waals surface area contributed by atoms with E-state index in [1.165, 1.54) is 36.4 Å². The fourth-order valence-electron chi connectivity index (χ4n) is 3.03. The number of sulfonamides is 1. The summed E-state index contributed by atoms with van der Waals surface area (Å²) in [4.78, 5) is 12.8. The molecule has 0 bridgehead atoms. The summed E-state index contributed by atoms with van der Waals surface area (Å²) in [7, 11) is -4.07. The fourth-order valence-corrected chi connectivity index (χ4v) is 5.36. The van der Waals surface area contributed by atoms with Crippen molar-refractivity contribution in [1.29, 1.82) is 0 Å². The SMILES string of the molecule is O=C(NCc1c(F)cccc1F)c1ccc(Br)cc1NS(=O)(=O)C1=CC=CN2SNC=C12. The number of carbonyl (C=O) groups excluding carboxylic acids is 1. The van der Waals surface area contributed by atoms with E-state index in [1.54, 1.807) is 28.8 Å². The smallest absolute Gasteiger partial charge is 0.264 e. The molecule has 2 heterocycles. The lowest BCUT2D eigenvalue weighted by atomic mass is 10.1. The van der Waals surface area contributed by atoms with Crippen LogP contribution in [0, 0.1) is 11.6 Å². The number of hydrogen-bond acceptors (Lipinski definition) is 6. The number of amides is 1. The van der Waals surface area contributed by atoms with Gasteiger partial charge in [0.05, 0.1) is 29.1 Å². The Balaban J connectivity index is 1.59. The van der Waals surface area contributed by atoms with Crippen LogP contribution in [0.4, 0.5) is 14.5 Å². The molecule has 1 amide bonds. The summed E-state index contributed by atoms with van der Waals surface area (Å²) < 4.78 is 61.4. The van der Waals surface area contributed by atoms with Crippen LogP contribution in [0.25, 0.3) is 0 Å². The minimum atomic E-state index is -4.07. The van der Waals surface area contributed by atoms with E-state index in [0.29, 0.717) is 10.2 Å². The Morgan fingerprint density at radius 3 is 2.69 bits per heavy atom. The summed E-state index contributed by atoms with van der Waals surface area (Å²) in [6.07, 6.45) is 6.28. The molecule has 7 nitrogen and oxygen atoms in total. The lowest BCUT2D eigenvalue weighted by Gasteiger charge is -2.21. The molecule has 12 heteroatoms. The molecule has 4 rings (SSSR count). The molecule has 3 N–H and O–H groups in total. The first kappa shape index (κ1) is 22.4. The van der Waals surface area contributed by atoms with Crippen LogP contribution in [0.15, 0.2) is 76.0 Å². The number of hydrogen-bond donors (Lipinski definition) is 3. The number of allylic oxidation sites excluding steroid dienone is 2. The van der Waals surface area contributed by atoms with E-state index in [4.69, 9.17) is 0 Å². The maximum absolute atomic E-state index is 13.9. The molecule has 0 radical (unpaired) electrons. The Hall–Kier alpha value is -2.83. The third kappa shape index (κ3) is 4.52. The van der Waals surface area contributed by atoms with E-state index in [1.807, 2.05) is 0 Å². The highest BCUT2D eigenvalue weighted by atomic mass is 79.9. The molecule has 2 aliphatic heterocycles. The quantitative estimate of drug-likeness (QED) is 0.477. The van der Waals surface area contributed by atoms with Crippen LogP contribution < -0.4 is 14.8 Å². The van der Waals surface area contributed by atoms with Crippen molar-refractivity contribution in [3.63, 3.8) is 0 Å².